The van der Waals surface area contributed by atoms with Crippen LogP contribution in [0.15, 0.2) is 0 Å². The number of rotatable bonds is 7. The zero-order chi connectivity index (χ0) is 10.3. The van der Waals surface area contributed by atoms with Gasteiger partial charge in [0.25, 0.3) is 0 Å². The van der Waals surface area contributed by atoms with Crippen LogP contribution in [0.25, 0.3) is 0 Å². The van der Waals surface area contributed by atoms with Crippen LogP contribution in [0.5, 0.6) is 0 Å². The molecule has 0 bridgehead atoms. The van der Waals surface area contributed by atoms with E-state index in [1.165, 1.54) is 0 Å². The lowest BCUT2D eigenvalue weighted by Gasteiger charge is -2.22. The molecular formula is C7H22O3Si3. The minimum atomic E-state index is -0.997. The van der Waals surface area contributed by atoms with Crippen LogP contribution >= 0.6 is 0 Å². The molecule has 0 saturated heterocycles. The fraction of sp³-hybridized carbons (Fsp3) is 1.00. The van der Waals surface area contributed by atoms with Crippen LogP contribution in [-0.4, -0.2) is 40.7 Å². The third-order valence-electron chi connectivity index (χ3n) is 1.31. The molecule has 0 amide bonds. The van der Waals surface area contributed by atoms with E-state index in [-0.39, 0.29) is 16.1 Å². The SMILES string of the molecule is C[SiH2]OCC(O[SiH](C)C)O[SiH](C)C. The van der Waals surface area contributed by atoms with E-state index in [4.69, 9.17) is 13.3 Å². The summed E-state index contributed by atoms with van der Waals surface area (Å²) in [6.07, 6.45) is -0.0780. The molecule has 13 heavy (non-hydrogen) atoms. The first-order valence-electron chi connectivity index (χ1n) is 4.94. The van der Waals surface area contributed by atoms with Gasteiger partial charge in [-0.2, -0.15) is 0 Å². The van der Waals surface area contributed by atoms with Crippen molar-refractivity contribution in [2.75, 3.05) is 6.61 Å². The van der Waals surface area contributed by atoms with E-state index in [1.54, 1.807) is 0 Å². The minimum absolute atomic E-state index is 0.0780. The van der Waals surface area contributed by atoms with Gasteiger partial charge in [-0.15, -0.1) is 0 Å². The summed E-state index contributed by atoms with van der Waals surface area (Å²) in [7, 11) is -2.32. The Morgan fingerprint density at radius 3 is 1.85 bits per heavy atom. The molecule has 3 nitrogen and oxygen atoms in total. The molecule has 0 unspecified atom stereocenters. The highest BCUT2D eigenvalue weighted by Crippen LogP contribution is 2.01. The molecule has 0 heterocycles. The smallest absolute Gasteiger partial charge is 0.174 e. The second-order valence-electron chi connectivity index (χ2n) is 3.46. The summed E-state index contributed by atoms with van der Waals surface area (Å²) in [6.45, 7) is 11.4. The summed E-state index contributed by atoms with van der Waals surface area (Å²) in [6, 6.07) is 0. The lowest BCUT2D eigenvalue weighted by atomic mass is 10.7. The Labute approximate surface area is 87.2 Å². The maximum Gasteiger partial charge on any atom is 0.174 e. The van der Waals surface area contributed by atoms with Crippen LogP contribution in [0.3, 0.4) is 0 Å². The topological polar surface area (TPSA) is 27.7 Å². The Balaban J connectivity index is 3.73. The Morgan fingerprint density at radius 2 is 1.54 bits per heavy atom. The van der Waals surface area contributed by atoms with Crippen molar-refractivity contribution in [1.29, 1.82) is 0 Å². The van der Waals surface area contributed by atoms with Crippen molar-refractivity contribution in [2.45, 2.75) is 39.0 Å². The van der Waals surface area contributed by atoms with Gasteiger partial charge in [-0.1, -0.05) is 6.55 Å². The number of hydrogen-bond donors (Lipinski definition) is 0. The molecule has 0 atom stereocenters. The molecule has 0 aliphatic heterocycles. The molecular weight excluding hydrogens is 216 g/mol. The maximum absolute atomic E-state index is 5.71. The molecule has 0 fully saturated rings. The number of hydrogen-bond acceptors (Lipinski definition) is 3. The standard InChI is InChI=1S/C7H22O3Si3/c1-11-8-6-7(9-12(2)3)10-13(4)5/h7,12-13H,6,11H2,1-5H3. The van der Waals surface area contributed by atoms with Gasteiger partial charge in [0.05, 0.1) is 6.61 Å². The molecule has 0 aromatic carbocycles. The van der Waals surface area contributed by atoms with Gasteiger partial charge in [0.15, 0.2) is 34.1 Å². The van der Waals surface area contributed by atoms with Gasteiger partial charge >= 0.3 is 0 Å². The van der Waals surface area contributed by atoms with Gasteiger partial charge in [-0.05, 0) is 26.2 Å². The Kier molecular flexibility index (Phi) is 8.21. The highest BCUT2D eigenvalue weighted by Gasteiger charge is 2.13. The van der Waals surface area contributed by atoms with Crippen molar-refractivity contribution < 1.29 is 13.3 Å². The van der Waals surface area contributed by atoms with E-state index in [1.807, 2.05) is 0 Å². The fourth-order valence-electron chi connectivity index (χ4n) is 0.932. The quantitative estimate of drug-likeness (QED) is 0.476. The fourth-order valence-corrected chi connectivity index (χ4v) is 2.99. The lowest BCUT2D eigenvalue weighted by Crippen LogP contribution is -2.32. The molecule has 0 aliphatic rings. The van der Waals surface area contributed by atoms with E-state index in [0.717, 1.165) is 0 Å². The van der Waals surface area contributed by atoms with E-state index in [2.05, 4.69) is 32.7 Å². The predicted molar refractivity (Wildman–Crippen MR) is 64.1 cm³/mol. The van der Waals surface area contributed by atoms with Crippen LogP contribution in [-0.2, 0) is 13.3 Å². The molecule has 0 saturated carbocycles. The van der Waals surface area contributed by atoms with Crippen molar-refractivity contribution in [2.24, 2.45) is 0 Å². The summed E-state index contributed by atoms with van der Waals surface area (Å²) in [5, 5.41) is 0. The first kappa shape index (κ1) is 13.5. The summed E-state index contributed by atoms with van der Waals surface area (Å²) >= 11 is 0. The second-order valence-corrected chi connectivity index (χ2v) is 9.18. The van der Waals surface area contributed by atoms with Crippen LogP contribution in [0.1, 0.15) is 0 Å². The van der Waals surface area contributed by atoms with Crippen molar-refractivity contribution in [3.63, 3.8) is 0 Å². The molecule has 6 heteroatoms. The van der Waals surface area contributed by atoms with Gasteiger partial charge in [0.2, 0.25) is 0 Å². The third kappa shape index (κ3) is 8.85. The third-order valence-corrected chi connectivity index (χ3v) is 3.65. The van der Waals surface area contributed by atoms with Crippen molar-refractivity contribution in [1.82, 2.24) is 0 Å². The van der Waals surface area contributed by atoms with Crippen LogP contribution in [0.2, 0.25) is 32.7 Å². The Bertz CT molecular complexity index is 112. The molecule has 80 valence electrons. The summed E-state index contributed by atoms with van der Waals surface area (Å²) in [5.74, 6) is 0. The summed E-state index contributed by atoms with van der Waals surface area (Å²) in [5.41, 5.74) is 0. The van der Waals surface area contributed by atoms with Gasteiger partial charge in [-0.3, -0.25) is 0 Å². The van der Waals surface area contributed by atoms with Gasteiger partial charge in [-0.25, -0.2) is 0 Å². The lowest BCUT2D eigenvalue weighted by molar-refractivity contribution is -0.0303. The van der Waals surface area contributed by atoms with E-state index >= 15 is 0 Å². The van der Waals surface area contributed by atoms with E-state index in [0.29, 0.717) is 6.61 Å². The summed E-state index contributed by atoms with van der Waals surface area (Å²) in [4.78, 5) is 0. The molecule has 0 radical (unpaired) electrons. The van der Waals surface area contributed by atoms with Crippen LogP contribution in [0, 0.1) is 0 Å². The molecule has 0 aromatic heterocycles. The average molecular weight is 239 g/mol. The highest BCUT2D eigenvalue weighted by molar-refractivity contribution is 6.49. The van der Waals surface area contributed by atoms with Crippen molar-refractivity contribution in [3.8, 4) is 0 Å². The molecule has 0 aromatic rings. The molecule has 0 rings (SSSR count). The summed E-state index contributed by atoms with van der Waals surface area (Å²) < 4.78 is 16.9. The molecule has 0 spiro atoms. The van der Waals surface area contributed by atoms with Crippen LogP contribution < -0.4 is 0 Å². The maximum atomic E-state index is 5.71. The molecule has 0 N–H and O–H groups in total. The zero-order valence-electron chi connectivity index (χ0n) is 9.37. The largest absolute Gasteiger partial charge is 0.419 e. The van der Waals surface area contributed by atoms with Gasteiger partial charge in [0.1, 0.15) is 0 Å². The predicted octanol–water partition coefficient (Wildman–Crippen LogP) is 0.461. The normalized spacial score (nSPS) is 12.9. The van der Waals surface area contributed by atoms with Crippen LogP contribution in [0.4, 0.5) is 0 Å². The first-order chi connectivity index (χ1) is 6.06. The van der Waals surface area contributed by atoms with E-state index < -0.39 is 18.1 Å². The average Bonchev–Trinajstić information content (AvgIpc) is 1.98. The second kappa shape index (κ2) is 7.89. The monoisotopic (exact) mass is 238 g/mol. The van der Waals surface area contributed by atoms with Crippen molar-refractivity contribution >= 4 is 27.8 Å². The first-order valence-corrected chi connectivity index (χ1v) is 12.5. The highest BCUT2D eigenvalue weighted by atomic mass is 28.3. The molecule has 0 aliphatic carbocycles. The zero-order valence-corrected chi connectivity index (χ0v) is 13.1. The van der Waals surface area contributed by atoms with Gasteiger partial charge < -0.3 is 13.3 Å². The van der Waals surface area contributed by atoms with E-state index in [9.17, 15) is 0 Å². The van der Waals surface area contributed by atoms with Crippen molar-refractivity contribution in [3.05, 3.63) is 0 Å². The minimum Gasteiger partial charge on any atom is -0.419 e. The Morgan fingerprint density at radius 1 is 1.08 bits per heavy atom. The Hall–Kier alpha value is 0.531. The van der Waals surface area contributed by atoms with Gasteiger partial charge in [0, 0.05) is 0 Å².